The first kappa shape index (κ1) is 62.8. The molecule has 0 aromatic heterocycles. The molecule has 448 valence electrons. The number of hydrogen-bond donors (Lipinski definition) is 0. The Hall–Kier alpha value is -0.280. The summed E-state index contributed by atoms with van der Waals surface area (Å²) in [6.45, 7) is 52.0. The van der Waals surface area contributed by atoms with E-state index in [0.29, 0.717) is 124 Å². The van der Waals surface area contributed by atoms with Crippen molar-refractivity contribution in [2.24, 2.45) is 124 Å². The highest BCUT2D eigenvalue weighted by molar-refractivity contribution is 5.02. The summed E-state index contributed by atoms with van der Waals surface area (Å²) in [5.74, 6) is 9.62. The van der Waals surface area contributed by atoms with Crippen LogP contribution in [0.2, 0.25) is 0 Å². The van der Waals surface area contributed by atoms with Gasteiger partial charge in [-0.15, -0.1) is 0 Å². The molecule has 14 bridgehead atoms. The highest BCUT2D eigenvalue weighted by Crippen LogP contribution is 2.52. The standard InChI is InChI=1S/C70H126O7/c1-22-50-29-57-36(8)43(15)64(50)71-58-30-51(23-2)66(44(16)37(58)9)73-60-32-53(25-4)68(46(18)39(60)11)75-62-34-55(27-6)70(48(20)41(62)13)77-63-35-56(28-7)69(49(21)42(63)14)76-61-33-54(26-5)67(47(19)40(61)12)74-59-31-52(24-3)65(72-57)45(17)38(59)10/h36-70H,22-35H2,1-21H3/t36?,37?,38?,39?,40?,41?,42?,43-,44-,45-,46-,47-,48-,49-,50?,51?,52?,53?,54?,55?,56?,57+,58+,59+,60+,61+,62+,63+,64+,65+,66+,67+,68+,69+,70+/m1/s1. The van der Waals surface area contributed by atoms with Crippen LogP contribution in [0.25, 0.3) is 0 Å². The van der Waals surface area contributed by atoms with Gasteiger partial charge in [-0.25, -0.2) is 0 Å². The van der Waals surface area contributed by atoms with Crippen molar-refractivity contribution in [2.75, 3.05) is 0 Å². The van der Waals surface area contributed by atoms with Gasteiger partial charge in [0.2, 0.25) is 0 Å². The van der Waals surface area contributed by atoms with E-state index in [1.54, 1.807) is 0 Å². The predicted octanol–water partition coefficient (Wildman–Crippen LogP) is 17.2. The molecule has 7 aliphatic carbocycles. The summed E-state index contributed by atoms with van der Waals surface area (Å²) in [5.41, 5.74) is 0. The van der Waals surface area contributed by atoms with Crippen LogP contribution in [-0.4, -0.2) is 85.5 Å². The molecule has 0 radical (unpaired) electrons. The molecule has 14 heterocycles. The molecule has 0 amide bonds. The van der Waals surface area contributed by atoms with Gasteiger partial charge in [-0.05, 0) is 169 Å². The maximum atomic E-state index is 7.62. The maximum Gasteiger partial charge on any atom is 0.0637 e. The summed E-state index contributed by atoms with van der Waals surface area (Å²) < 4.78 is 53.3. The maximum absolute atomic E-state index is 7.62. The summed E-state index contributed by atoms with van der Waals surface area (Å²) in [6.07, 6.45) is 19.3. The smallest absolute Gasteiger partial charge is 0.0637 e. The molecule has 35 atom stereocenters. The summed E-state index contributed by atoms with van der Waals surface area (Å²) in [6, 6.07) is 0. The van der Waals surface area contributed by atoms with Gasteiger partial charge in [0.1, 0.15) is 0 Å². The van der Waals surface area contributed by atoms with Crippen LogP contribution < -0.4 is 0 Å². The third kappa shape index (κ3) is 12.5. The highest BCUT2D eigenvalue weighted by Gasteiger charge is 2.54. The second-order valence-corrected chi connectivity index (χ2v) is 29.8. The average Bonchev–Trinajstić information content (AvgIpc) is 3.47. The summed E-state index contributed by atoms with van der Waals surface area (Å²) in [4.78, 5) is 0. The van der Waals surface area contributed by atoms with Crippen LogP contribution in [0, 0.1) is 124 Å². The third-order valence-electron chi connectivity index (χ3n) is 26.5. The molecule has 0 aromatic rings. The first-order valence-electron chi connectivity index (χ1n) is 34.2. The van der Waals surface area contributed by atoms with Crippen LogP contribution in [0.4, 0.5) is 0 Å². The summed E-state index contributed by atoms with van der Waals surface area (Å²) >= 11 is 0. The topological polar surface area (TPSA) is 64.6 Å². The predicted molar refractivity (Wildman–Crippen MR) is 318 cm³/mol. The van der Waals surface area contributed by atoms with Crippen LogP contribution in [0.1, 0.15) is 235 Å². The van der Waals surface area contributed by atoms with E-state index < -0.39 is 0 Å². The largest absolute Gasteiger partial charge is 0.374 e. The zero-order valence-corrected chi connectivity index (χ0v) is 54.0. The van der Waals surface area contributed by atoms with Crippen molar-refractivity contribution >= 4 is 0 Å². The Morgan fingerprint density at radius 3 is 0.377 bits per heavy atom. The van der Waals surface area contributed by atoms with Crippen molar-refractivity contribution in [3.05, 3.63) is 0 Å². The fourth-order valence-electron chi connectivity index (χ4n) is 19.1. The van der Waals surface area contributed by atoms with Crippen molar-refractivity contribution < 1.29 is 33.2 Å². The van der Waals surface area contributed by atoms with Gasteiger partial charge in [0.05, 0.1) is 85.5 Å². The molecule has 21 aliphatic rings. The molecule has 7 heteroatoms. The van der Waals surface area contributed by atoms with Gasteiger partial charge >= 0.3 is 0 Å². The monoisotopic (exact) mass is 1080 g/mol. The molecule has 0 N–H and O–H groups in total. The van der Waals surface area contributed by atoms with E-state index >= 15 is 0 Å². The fourth-order valence-corrected chi connectivity index (χ4v) is 19.1. The molecule has 14 unspecified atom stereocenters. The van der Waals surface area contributed by atoms with Crippen molar-refractivity contribution in [1.82, 2.24) is 0 Å². The van der Waals surface area contributed by atoms with Crippen LogP contribution in [0.5, 0.6) is 0 Å². The zero-order chi connectivity index (χ0) is 56.1. The lowest BCUT2D eigenvalue weighted by atomic mass is 9.67. The van der Waals surface area contributed by atoms with Gasteiger partial charge < -0.3 is 33.2 Å². The molecular weight excluding hydrogens is 953 g/mol. The Morgan fingerprint density at radius 1 is 0.182 bits per heavy atom. The van der Waals surface area contributed by atoms with Crippen LogP contribution in [0.15, 0.2) is 0 Å². The summed E-state index contributed by atoms with van der Waals surface area (Å²) in [7, 11) is 0. The van der Waals surface area contributed by atoms with E-state index in [0.717, 1.165) is 89.9 Å². The fraction of sp³-hybridized carbons (Fsp3) is 1.00. The first-order valence-corrected chi connectivity index (χ1v) is 34.2. The number of rotatable bonds is 7. The minimum Gasteiger partial charge on any atom is -0.374 e. The highest BCUT2D eigenvalue weighted by atomic mass is 16.5. The molecular formula is C70H126O7. The Bertz CT molecular complexity index is 1420. The number of hydrogen-bond acceptors (Lipinski definition) is 7. The first-order chi connectivity index (χ1) is 36.7. The Labute approximate surface area is 476 Å². The van der Waals surface area contributed by atoms with Gasteiger partial charge in [0.15, 0.2) is 0 Å². The molecule has 21 rings (SSSR count). The van der Waals surface area contributed by atoms with E-state index in [1.165, 1.54) is 0 Å². The van der Waals surface area contributed by atoms with Crippen LogP contribution >= 0.6 is 0 Å². The molecule has 0 spiro atoms. The van der Waals surface area contributed by atoms with Gasteiger partial charge in [-0.2, -0.15) is 0 Å². The van der Waals surface area contributed by atoms with Crippen molar-refractivity contribution in [3.8, 4) is 0 Å². The van der Waals surface area contributed by atoms with Crippen LogP contribution in [-0.2, 0) is 33.2 Å². The lowest BCUT2D eigenvalue weighted by Crippen LogP contribution is -2.55. The lowest BCUT2D eigenvalue weighted by Gasteiger charge is -2.53. The summed E-state index contributed by atoms with van der Waals surface area (Å²) in [5, 5.41) is 0. The Morgan fingerprint density at radius 2 is 0.286 bits per heavy atom. The quantitative estimate of drug-likeness (QED) is 0.252. The second kappa shape index (κ2) is 26.7. The molecule has 14 saturated heterocycles. The van der Waals surface area contributed by atoms with E-state index in [4.69, 9.17) is 33.2 Å². The Balaban J connectivity index is 1.08. The minimum absolute atomic E-state index is 0.255. The molecule has 21 fully saturated rings. The SMILES string of the molecule is CCC1C[C@@H]2O[C@@H]3C(CC)C[C@H](O[C@@H]4C(CC)C[C@H](O[C@@H]5C(CC)C[C@H](O[C@@H]6C(CC)C[C@H](O[C@@H]7C(CC)C[C@H](O[C@@H]8C(CC)C[C@H](O[C@H]1[C@H](C)C2C)C(C)[C@H]8C)C(C)[C@H]7C)C(C)[C@H]6C)C(C)[C@H]5C)C(C)[C@H]4C)C(C)[C@H]3C. The molecule has 0 aromatic carbocycles. The number of ether oxygens (including phenoxy) is 7. The molecule has 77 heavy (non-hydrogen) atoms. The van der Waals surface area contributed by atoms with Gasteiger partial charge in [-0.3, -0.25) is 0 Å². The molecule has 7 saturated carbocycles. The van der Waals surface area contributed by atoms with Crippen molar-refractivity contribution in [1.29, 1.82) is 0 Å². The molecule has 14 aliphatic heterocycles. The van der Waals surface area contributed by atoms with Gasteiger partial charge in [-0.1, -0.05) is 190 Å². The van der Waals surface area contributed by atoms with E-state index in [-0.39, 0.29) is 85.5 Å². The van der Waals surface area contributed by atoms with E-state index in [2.05, 4.69) is 145 Å². The van der Waals surface area contributed by atoms with Gasteiger partial charge in [0, 0.05) is 0 Å². The minimum atomic E-state index is 0.255. The Kier molecular flexibility index (Phi) is 21.8. The van der Waals surface area contributed by atoms with Crippen LogP contribution in [0.3, 0.4) is 0 Å². The third-order valence-corrected chi connectivity index (χ3v) is 26.5. The van der Waals surface area contributed by atoms with E-state index in [9.17, 15) is 0 Å². The normalized spacial score (nSPS) is 55.4. The van der Waals surface area contributed by atoms with E-state index in [1.807, 2.05) is 0 Å². The average molecular weight is 1080 g/mol. The molecule has 7 nitrogen and oxygen atoms in total. The van der Waals surface area contributed by atoms with Gasteiger partial charge in [0.25, 0.3) is 0 Å². The second-order valence-electron chi connectivity index (χ2n) is 29.8. The van der Waals surface area contributed by atoms with Crippen molar-refractivity contribution in [3.63, 3.8) is 0 Å². The zero-order valence-electron chi connectivity index (χ0n) is 54.0. The lowest BCUT2D eigenvalue weighted by molar-refractivity contribution is -0.224. The van der Waals surface area contributed by atoms with Crippen molar-refractivity contribution in [2.45, 2.75) is 321 Å².